The summed E-state index contributed by atoms with van der Waals surface area (Å²) in [5.41, 5.74) is 2.54. The summed E-state index contributed by atoms with van der Waals surface area (Å²) >= 11 is 0. The van der Waals surface area contributed by atoms with Gasteiger partial charge < -0.3 is 14.3 Å². The van der Waals surface area contributed by atoms with Crippen molar-refractivity contribution >= 4 is 16.9 Å². The summed E-state index contributed by atoms with van der Waals surface area (Å²) in [7, 11) is 4.02. The van der Waals surface area contributed by atoms with E-state index in [-0.39, 0.29) is 12.3 Å². The quantitative estimate of drug-likeness (QED) is 0.665. The van der Waals surface area contributed by atoms with Crippen molar-refractivity contribution in [2.75, 3.05) is 27.2 Å². The molecule has 25 heavy (non-hydrogen) atoms. The summed E-state index contributed by atoms with van der Waals surface area (Å²) in [6.45, 7) is 2.10. The number of carbonyl (C=O) groups is 1. The molecule has 130 valence electrons. The third kappa shape index (κ3) is 4.45. The molecule has 5 nitrogen and oxygen atoms in total. The fourth-order valence-electron chi connectivity index (χ4n) is 2.74. The van der Waals surface area contributed by atoms with Crippen LogP contribution in [0.25, 0.3) is 11.0 Å². The second-order valence-corrected chi connectivity index (χ2v) is 6.41. The number of para-hydroxylation sites is 1. The summed E-state index contributed by atoms with van der Waals surface area (Å²) < 4.78 is 5.32. The van der Waals surface area contributed by atoms with Gasteiger partial charge in [0.2, 0.25) is 5.91 Å². The minimum Gasteiger partial charge on any atom is -0.356 e. The van der Waals surface area contributed by atoms with Crippen molar-refractivity contribution in [3.8, 4) is 0 Å². The van der Waals surface area contributed by atoms with Crippen LogP contribution in [0.4, 0.5) is 0 Å². The summed E-state index contributed by atoms with van der Waals surface area (Å²) in [6, 6.07) is 17.7. The van der Waals surface area contributed by atoms with Crippen LogP contribution < -0.4 is 0 Å². The van der Waals surface area contributed by atoms with Gasteiger partial charge in [-0.2, -0.15) is 0 Å². The maximum Gasteiger partial charge on any atom is 0.229 e. The molecule has 0 saturated heterocycles. The minimum absolute atomic E-state index is 0.0600. The Bertz CT molecular complexity index is 827. The predicted octanol–water partition coefficient (Wildman–Crippen LogP) is 2.96. The molecule has 0 N–H and O–H groups in total. The number of likely N-dealkylation sites (N-methyl/N-ethyl adjacent to an activating group) is 1. The molecule has 0 saturated carbocycles. The number of benzene rings is 2. The highest BCUT2D eigenvalue weighted by atomic mass is 16.5. The van der Waals surface area contributed by atoms with E-state index in [0.29, 0.717) is 24.4 Å². The number of aromatic nitrogens is 1. The van der Waals surface area contributed by atoms with E-state index in [1.165, 1.54) is 0 Å². The molecule has 0 bridgehead atoms. The molecule has 3 aromatic rings. The van der Waals surface area contributed by atoms with Gasteiger partial charge in [0.25, 0.3) is 0 Å². The molecule has 0 atom stereocenters. The molecule has 0 spiro atoms. The number of rotatable bonds is 7. The van der Waals surface area contributed by atoms with Gasteiger partial charge in [-0.25, -0.2) is 0 Å². The zero-order valence-electron chi connectivity index (χ0n) is 14.7. The Morgan fingerprint density at radius 2 is 1.72 bits per heavy atom. The number of hydrogen-bond acceptors (Lipinski definition) is 4. The first-order chi connectivity index (χ1) is 12.1. The van der Waals surface area contributed by atoms with E-state index >= 15 is 0 Å². The van der Waals surface area contributed by atoms with Crippen molar-refractivity contribution in [3.05, 3.63) is 65.9 Å². The normalized spacial score (nSPS) is 11.2. The van der Waals surface area contributed by atoms with Crippen LogP contribution in [-0.2, 0) is 17.8 Å². The monoisotopic (exact) mass is 337 g/mol. The number of hydrogen-bond donors (Lipinski definition) is 0. The van der Waals surface area contributed by atoms with E-state index < -0.39 is 0 Å². The van der Waals surface area contributed by atoms with Gasteiger partial charge in [-0.1, -0.05) is 47.6 Å². The Morgan fingerprint density at radius 1 is 1.00 bits per heavy atom. The Morgan fingerprint density at radius 3 is 2.48 bits per heavy atom. The first-order valence-corrected chi connectivity index (χ1v) is 8.43. The molecule has 0 fully saturated rings. The summed E-state index contributed by atoms with van der Waals surface area (Å²) in [6.07, 6.45) is 0.247. The zero-order valence-corrected chi connectivity index (χ0v) is 14.7. The number of nitrogens with zero attached hydrogens (tertiary/aromatic N) is 3. The number of carbonyl (C=O) groups excluding carboxylic acids is 1. The van der Waals surface area contributed by atoms with Crippen molar-refractivity contribution in [1.82, 2.24) is 15.0 Å². The second-order valence-electron chi connectivity index (χ2n) is 6.41. The molecule has 0 aliphatic rings. The number of fused-ring (bicyclic) bond motifs is 1. The van der Waals surface area contributed by atoms with Crippen LogP contribution in [0.5, 0.6) is 0 Å². The van der Waals surface area contributed by atoms with Gasteiger partial charge in [-0.15, -0.1) is 0 Å². The van der Waals surface area contributed by atoms with Gasteiger partial charge in [0, 0.05) is 25.0 Å². The first-order valence-electron chi connectivity index (χ1n) is 8.43. The van der Waals surface area contributed by atoms with Crippen molar-refractivity contribution in [1.29, 1.82) is 0 Å². The lowest BCUT2D eigenvalue weighted by atomic mass is 10.1. The minimum atomic E-state index is 0.0600. The molecule has 3 rings (SSSR count). The highest BCUT2D eigenvalue weighted by Crippen LogP contribution is 2.19. The van der Waals surface area contributed by atoms with Gasteiger partial charge in [-0.3, -0.25) is 4.79 Å². The fourth-order valence-corrected chi connectivity index (χ4v) is 2.74. The van der Waals surface area contributed by atoms with E-state index in [2.05, 4.69) is 10.1 Å². The van der Waals surface area contributed by atoms with E-state index in [1.807, 2.05) is 73.6 Å². The Hall–Kier alpha value is -2.66. The maximum atomic E-state index is 12.9. The maximum absolute atomic E-state index is 12.9. The van der Waals surface area contributed by atoms with Crippen molar-refractivity contribution in [3.63, 3.8) is 0 Å². The average molecular weight is 337 g/mol. The third-order valence-corrected chi connectivity index (χ3v) is 4.16. The molecular weight excluding hydrogens is 314 g/mol. The van der Waals surface area contributed by atoms with E-state index in [1.54, 1.807) is 0 Å². The van der Waals surface area contributed by atoms with E-state index in [0.717, 1.165) is 17.5 Å². The second kappa shape index (κ2) is 7.94. The lowest BCUT2D eigenvalue weighted by Gasteiger charge is -2.24. The smallest absolute Gasteiger partial charge is 0.229 e. The van der Waals surface area contributed by atoms with E-state index in [9.17, 15) is 4.79 Å². The molecular formula is C20H23N3O2. The molecule has 5 heteroatoms. The van der Waals surface area contributed by atoms with Crippen LogP contribution in [0.15, 0.2) is 59.1 Å². The van der Waals surface area contributed by atoms with Gasteiger partial charge in [0.1, 0.15) is 5.69 Å². The highest BCUT2D eigenvalue weighted by molar-refractivity contribution is 5.86. The van der Waals surface area contributed by atoms with Crippen LogP contribution in [0, 0.1) is 0 Å². The lowest BCUT2D eigenvalue weighted by molar-refractivity contribution is -0.131. The first kappa shape index (κ1) is 17.2. The van der Waals surface area contributed by atoms with Gasteiger partial charge >= 0.3 is 0 Å². The van der Waals surface area contributed by atoms with Crippen LogP contribution in [0.1, 0.15) is 11.3 Å². The van der Waals surface area contributed by atoms with Crippen molar-refractivity contribution < 1.29 is 9.32 Å². The van der Waals surface area contributed by atoms with Crippen LogP contribution >= 0.6 is 0 Å². The molecule has 2 aromatic carbocycles. The highest BCUT2D eigenvalue weighted by Gasteiger charge is 2.18. The Balaban J connectivity index is 1.75. The molecule has 0 unspecified atom stereocenters. The number of amides is 1. The van der Waals surface area contributed by atoms with Crippen LogP contribution in [-0.4, -0.2) is 48.0 Å². The summed E-state index contributed by atoms with van der Waals surface area (Å²) in [5.74, 6) is 0.0600. The van der Waals surface area contributed by atoms with Gasteiger partial charge in [0.05, 0.1) is 6.42 Å². The van der Waals surface area contributed by atoms with Crippen molar-refractivity contribution in [2.45, 2.75) is 13.0 Å². The predicted molar refractivity (Wildman–Crippen MR) is 98.1 cm³/mol. The van der Waals surface area contributed by atoms with Gasteiger partial charge in [-0.05, 0) is 31.8 Å². The Labute approximate surface area is 147 Å². The summed E-state index contributed by atoms with van der Waals surface area (Å²) in [5, 5.41) is 4.99. The fraction of sp³-hybridized carbons (Fsp3) is 0.300. The molecule has 0 radical (unpaired) electrons. The van der Waals surface area contributed by atoms with Gasteiger partial charge in [0.15, 0.2) is 5.58 Å². The van der Waals surface area contributed by atoms with Crippen LogP contribution in [0.3, 0.4) is 0 Å². The topological polar surface area (TPSA) is 49.6 Å². The average Bonchev–Trinajstić information content (AvgIpc) is 3.02. The van der Waals surface area contributed by atoms with E-state index in [4.69, 9.17) is 4.52 Å². The molecule has 1 amide bonds. The SMILES string of the molecule is CN(C)CCN(Cc1ccccc1)C(=O)Cc1noc2ccccc12. The summed E-state index contributed by atoms with van der Waals surface area (Å²) in [4.78, 5) is 16.9. The van der Waals surface area contributed by atoms with Crippen molar-refractivity contribution in [2.24, 2.45) is 0 Å². The lowest BCUT2D eigenvalue weighted by Crippen LogP contribution is -2.37. The van der Waals surface area contributed by atoms with Crippen LogP contribution in [0.2, 0.25) is 0 Å². The largest absolute Gasteiger partial charge is 0.356 e. The standard InChI is InChI=1S/C20H23N3O2/c1-22(2)12-13-23(15-16-8-4-3-5-9-16)20(24)14-18-17-10-6-7-11-19(17)25-21-18/h3-11H,12-15H2,1-2H3. The zero-order chi connectivity index (χ0) is 17.6. The molecule has 0 aliphatic carbocycles. The molecule has 1 heterocycles. The third-order valence-electron chi connectivity index (χ3n) is 4.16. The Kier molecular flexibility index (Phi) is 5.46. The molecule has 0 aliphatic heterocycles. The molecule has 1 aromatic heterocycles.